The van der Waals surface area contributed by atoms with E-state index in [1.807, 2.05) is 36.3 Å². The highest BCUT2D eigenvalue weighted by atomic mass is 19.1. The van der Waals surface area contributed by atoms with Gasteiger partial charge in [-0.05, 0) is 43.7 Å². The summed E-state index contributed by atoms with van der Waals surface area (Å²) in [5.41, 5.74) is 3.00. The molecule has 1 aliphatic heterocycles. The number of rotatable bonds is 4. The highest BCUT2D eigenvalue weighted by Gasteiger charge is 2.27. The Balaban J connectivity index is 1.51. The molecular formula is C18H20FN5. The zero-order valence-corrected chi connectivity index (χ0v) is 13.6. The van der Waals surface area contributed by atoms with Crippen molar-refractivity contribution < 1.29 is 4.39 Å². The molecule has 2 aromatic heterocycles. The monoisotopic (exact) mass is 325 g/mol. The molecule has 24 heavy (non-hydrogen) atoms. The molecular weight excluding hydrogens is 305 g/mol. The van der Waals surface area contributed by atoms with Crippen LogP contribution in [-0.4, -0.2) is 31.0 Å². The normalized spacial score (nSPS) is 18.3. The zero-order chi connectivity index (χ0) is 16.5. The Bertz CT molecular complexity index is 837. The van der Waals surface area contributed by atoms with Gasteiger partial charge >= 0.3 is 0 Å². The molecule has 0 saturated carbocycles. The van der Waals surface area contributed by atoms with Crippen LogP contribution >= 0.6 is 0 Å². The minimum atomic E-state index is -0.249. The lowest BCUT2D eigenvalue weighted by atomic mass is 10.1. The van der Waals surface area contributed by atoms with E-state index in [2.05, 4.69) is 21.3 Å². The SMILES string of the molecule is Cn1cc([C@H]2CCCN2Cc2ccn(-c3cccc(F)c3)n2)cn1. The first-order valence-electron chi connectivity index (χ1n) is 8.22. The average molecular weight is 325 g/mol. The van der Waals surface area contributed by atoms with Gasteiger partial charge in [-0.2, -0.15) is 10.2 Å². The van der Waals surface area contributed by atoms with Gasteiger partial charge in [0.2, 0.25) is 0 Å². The van der Waals surface area contributed by atoms with Crippen molar-refractivity contribution in [2.75, 3.05) is 6.54 Å². The van der Waals surface area contributed by atoms with Crippen LogP contribution < -0.4 is 0 Å². The third-order valence-electron chi connectivity index (χ3n) is 4.56. The van der Waals surface area contributed by atoms with Crippen molar-refractivity contribution in [2.24, 2.45) is 7.05 Å². The lowest BCUT2D eigenvalue weighted by molar-refractivity contribution is 0.245. The largest absolute Gasteiger partial charge is 0.290 e. The van der Waals surface area contributed by atoms with E-state index >= 15 is 0 Å². The molecule has 4 rings (SSSR count). The Morgan fingerprint density at radius 1 is 1.29 bits per heavy atom. The van der Waals surface area contributed by atoms with E-state index in [1.165, 1.54) is 24.1 Å². The van der Waals surface area contributed by atoms with Crippen LogP contribution in [0.1, 0.15) is 30.1 Å². The highest BCUT2D eigenvalue weighted by molar-refractivity contribution is 5.31. The summed E-state index contributed by atoms with van der Waals surface area (Å²) in [5, 5.41) is 8.90. The van der Waals surface area contributed by atoms with Gasteiger partial charge < -0.3 is 0 Å². The smallest absolute Gasteiger partial charge is 0.125 e. The molecule has 0 spiro atoms. The molecule has 124 valence electrons. The fraction of sp³-hybridized carbons (Fsp3) is 0.333. The molecule has 0 N–H and O–H groups in total. The first-order valence-corrected chi connectivity index (χ1v) is 8.22. The highest BCUT2D eigenvalue weighted by Crippen LogP contribution is 2.32. The van der Waals surface area contributed by atoms with E-state index in [0.717, 1.165) is 30.9 Å². The minimum Gasteiger partial charge on any atom is -0.290 e. The number of halogens is 1. The van der Waals surface area contributed by atoms with Gasteiger partial charge in [-0.15, -0.1) is 0 Å². The van der Waals surface area contributed by atoms with E-state index in [9.17, 15) is 4.39 Å². The van der Waals surface area contributed by atoms with E-state index in [4.69, 9.17) is 0 Å². The molecule has 0 radical (unpaired) electrons. The van der Waals surface area contributed by atoms with Crippen molar-refractivity contribution in [3.8, 4) is 5.69 Å². The molecule has 0 bridgehead atoms. The van der Waals surface area contributed by atoms with Crippen molar-refractivity contribution in [2.45, 2.75) is 25.4 Å². The standard InChI is InChI=1S/C18H20FN5/c1-22-12-14(11-20-22)18-6-3-8-23(18)13-16-7-9-24(21-16)17-5-2-4-15(19)10-17/h2,4-5,7,9-12,18H,3,6,8,13H2,1H3/t18-/m1/s1. The van der Waals surface area contributed by atoms with Crippen LogP contribution in [0.4, 0.5) is 4.39 Å². The summed E-state index contributed by atoms with van der Waals surface area (Å²) < 4.78 is 17.0. The molecule has 5 nitrogen and oxygen atoms in total. The maximum atomic E-state index is 13.4. The molecule has 0 amide bonds. The second kappa shape index (κ2) is 6.20. The number of likely N-dealkylation sites (tertiary alicyclic amines) is 1. The van der Waals surface area contributed by atoms with Crippen molar-refractivity contribution in [3.05, 3.63) is 66.0 Å². The number of benzene rings is 1. The second-order valence-electron chi connectivity index (χ2n) is 6.31. The molecule has 0 aliphatic carbocycles. The minimum absolute atomic E-state index is 0.249. The first-order chi connectivity index (χ1) is 11.7. The van der Waals surface area contributed by atoms with Crippen LogP contribution in [0.15, 0.2) is 48.9 Å². The van der Waals surface area contributed by atoms with Gasteiger partial charge in [-0.25, -0.2) is 9.07 Å². The summed E-state index contributed by atoms with van der Waals surface area (Å²) in [4.78, 5) is 2.44. The Morgan fingerprint density at radius 2 is 2.21 bits per heavy atom. The first kappa shape index (κ1) is 15.1. The molecule has 3 heterocycles. The van der Waals surface area contributed by atoms with Crippen LogP contribution in [0.2, 0.25) is 0 Å². The predicted molar refractivity (Wildman–Crippen MR) is 89.1 cm³/mol. The molecule has 1 saturated heterocycles. The Morgan fingerprint density at radius 3 is 3.00 bits per heavy atom. The van der Waals surface area contributed by atoms with Crippen LogP contribution in [0, 0.1) is 5.82 Å². The third-order valence-corrected chi connectivity index (χ3v) is 4.56. The Kier molecular flexibility index (Phi) is 3.90. The van der Waals surface area contributed by atoms with Crippen LogP contribution in [0.3, 0.4) is 0 Å². The number of aromatic nitrogens is 4. The summed E-state index contributed by atoms with van der Waals surface area (Å²) >= 11 is 0. The molecule has 1 aliphatic rings. The summed E-state index contributed by atoms with van der Waals surface area (Å²) in [5.74, 6) is -0.249. The van der Waals surface area contributed by atoms with Crippen molar-refractivity contribution >= 4 is 0 Å². The lowest BCUT2D eigenvalue weighted by Crippen LogP contribution is -2.22. The van der Waals surface area contributed by atoms with Crippen molar-refractivity contribution in [3.63, 3.8) is 0 Å². The molecule has 1 fully saturated rings. The summed E-state index contributed by atoms with van der Waals surface area (Å²) in [6, 6.07) is 8.89. The molecule has 1 atom stereocenters. The van der Waals surface area contributed by atoms with Gasteiger partial charge in [-0.3, -0.25) is 9.58 Å². The maximum Gasteiger partial charge on any atom is 0.125 e. The van der Waals surface area contributed by atoms with Gasteiger partial charge in [0.25, 0.3) is 0 Å². The number of aryl methyl sites for hydroxylation is 1. The fourth-order valence-electron chi connectivity index (χ4n) is 3.42. The van der Waals surface area contributed by atoms with E-state index in [1.54, 1.807) is 10.7 Å². The molecule has 0 unspecified atom stereocenters. The average Bonchev–Trinajstić information content (AvgIpc) is 3.28. The molecule has 1 aromatic carbocycles. The summed E-state index contributed by atoms with van der Waals surface area (Å²) in [7, 11) is 1.95. The maximum absolute atomic E-state index is 13.4. The van der Waals surface area contributed by atoms with E-state index < -0.39 is 0 Å². The summed E-state index contributed by atoms with van der Waals surface area (Å²) in [6.45, 7) is 1.86. The predicted octanol–water partition coefficient (Wildman–Crippen LogP) is 3.08. The number of hydrogen-bond acceptors (Lipinski definition) is 3. The number of nitrogens with zero attached hydrogens (tertiary/aromatic N) is 5. The molecule has 3 aromatic rings. The Labute approximate surface area is 140 Å². The fourth-order valence-corrected chi connectivity index (χ4v) is 3.42. The Hall–Kier alpha value is -2.47. The lowest BCUT2D eigenvalue weighted by Gasteiger charge is -2.22. The number of hydrogen-bond donors (Lipinski definition) is 0. The van der Waals surface area contributed by atoms with Crippen molar-refractivity contribution in [1.29, 1.82) is 0 Å². The quantitative estimate of drug-likeness (QED) is 0.740. The van der Waals surface area contributed by atoms with Crippen molar-refractivity contribution in [1.82, 2.24) is 24.5 Å². The molecule has 6 heteroatoms. The van der Waals surface area contributed by atoms with Gasteiger partial charge in [0, 0.05) is 37.6 Å². The third kappa shape index (κ3) is 2.97. The van der Waals surface area contributed by atoms with Gasteiger partial charge in [0.1, 0.15) is 5.82 Å². The zero-order valence-electron chi connectivity index (χ0n) is 13.6. The summed E-state index contributed by atoms with van der Waals surface area (Å²) in [6.07, 6.45) is 8.27. The van der Waals surface area contributed by atoms with Crippen LogP contribution in [-0.2, 0) is 13.6 Å². The van der Waals surface area contributed by atoms with Gasteiger partial charge in [0.05, 0.1) is 17.6 Å². The second-order valence-corrected chi connectivity index (χ2v) is 6.31. The van der Waals surface area contributed by atoms with E-state index in [0.29, 0.717) is 6.04 Å². The van der Waals surface area contributed by atoms with Crippen LogP contribution in [0.5, 0.6) is 0 Å². The van der Waals surface area contributed by atoms with Crippen LogP contribution in [0.25, 0.3) is 5.69 Å². The van der Waals surface area contributed by atoms with Gasteiger partial charge in [-0.1, -0.05) is 6.07 Å². The van der Waals surface area contributed by atoms with E-state index in [-0.39, 0.29) is 5.82 Å². The topological polar surface area (TPSA) is 38.9 Å². The van der Waals surface area contributed by atoms with Gasteiger partial charge in [0.15, 0.2) is 0 Å².